The zero-order valence-corrected chi connectivity index (χ0v) is 20.3. The number of benzene rings is 2. The standard InChI is InChI=1S/C27H34N6O2/c1-35-24-12-6-5-11-23(24)25(34)30-19-27(21-9-3-2-4-10-21)15-13-22(14-16-27)33(20-28)26(29)31-32-17-7-8-18-32/h2-6,9-12,22H,7-8,13-19H2,1H3,(H2,29,31)(H,30,34)/t22-,27-. The van der Waals surface area contributed by atoms with Crippen molar-refractivity contribution in [2.45, 2.75) is 50.0 Å². The number of hydrogen-bond donors (Lipinski definition) is 2. The molecule has 0 unspecified atom stereocenters. The maximum Gasteiger partial charge on any atom is 0.255 e. The van der Waals surface area contributed by atoms with Gasteiger partial charge in [-0.2, -0.15) is 5.26 Å². The van der Waals surface area contributed by atoms with Crippen LogP contribution in [0.5, 0.6) is 5.75 Å². The molecule has 4 rings (SSSR count). The summed E-state index contributed by atoms with van der Waals surface area (Å²) in [5.41, 5.74) is 7.74. The second kappa shape index (κ2) is 11.1. The average Bonchev–Trinajstić information content (AvgIpc) is 3.42. The lowest BCUT2D eigenvalue weighted by molar-refractivity contribution is 0.0929. The molecule has 2 aliphatic rings. The fourth-order valence-electron chi connectivity index (χ4n) is 5.26. The number of nitrogens with zero attached hydrogens (tertiary/aromatic N) is 4. The zero-order chi connectivity index (χ0) is 24.7. The van der Waals surface area contributed by atoms with Gasteiger partial charge in [0.2, 0.25) is 5.96 Å². The third-order valence-corrected chi connectivity index (χ3v) is 7.28. The Hall–Kier alpha value is -3.73. The zero-order valence-electron chi connectivity index (χ0n) is 20.3. The number of hydrogen-bond acceptors (Lipinski definition) is 5. The van der Waals surface area contributed by atoms with Crippen molar-refractivity contribution in [2.75, 3.05) is 26.7 Å². The molecule has 1 saturated carbocycles. The highest BCUT2D eigenvalue weighted by Gasteiger charge is 2.39. The number of hydrazone groups is 1. The summed E-state index contributed by atoms with van der Waals surface area (Å²) in [4.78, 5) is 14.6. The highest BCUT2D eigenvalue weighted by molar-refractivity contribution is 5.97. The fraction of sp³-hybridized carbons (Fsp3) is 0.444. The van der Waals surface area contributed by atoms with Crippen LogP contribution in [-0.2, 0) is 5.41 Å². The Bertz CT molecular complexity index is 1070. The van der Waals surface area contributed by atoms with Crippen LogP contribution >= 0.6 is 0 Å². The van der Waals surface area contributed by atoms with Crippen molar-refractivity contribution in [1.29, 1.82) is 5.26 Å². The molecule has 1 heterocycles. The maximum absolute atomic E-state index is 13.0. The minimum absolute atomic E-state index is 0.00638. The lowest BCUT2D eigenvalue weighted by Gasteiger charge is -2.42. The lowest BCUT2D eigenvalue weighted by Crippen LogP contribution is -2.49. The Kier molecular flexibility index (Phi) is 7.76. The van der Waals surface area contributed by atoms with E-state index in [-0.39, 0.29) is 23.3 Å². The van der Waals surface area contributed by atoms with Crippen molar-refractivity contribution in [1.82, 2.24) is 15.2 Å². The number of ether oxygens (including phenoxy) is 1. The predicted octanol–water partition coefficient (Wildman–Crippen LogP) is 3.41. The molecule has 0 bridgehead atoms. The van der Waals surface area contributed by atoms with Crippen LogP contribution in [0.25, 0.3) is 0 Å². The van der Waals surface area contributed by atoms with E-state index in [0.717, 1.165) is 51.6 Å². The molecule has 3 N–H and O–H groups in total. The van der Waals surface area contributed by atoms with Gasteiger partial charge < -0.3 is 15.8 Å². The van der Waals surface area contributed by atoms with Gasteiger partial charge in [0.25, 0.3) is 5.91 Å². The molecule has 1 saturated heterocycles. The topological polar surface area (TPSA) is 107 Å². The van der Waals surface area contributed by atoms with Gasteiger partial charge in [0, 0.05) is 31.1 Å². The molecule has 0 radical (unpaired) electrons. The van der Waals surface area contributed by atoms with Crippen molar-refractivity contribution in [3.63, 3.8) is 0 Å². The van der Waals surface area contributed by atoms with Gasteiger partial charge in [-0.05, 0) is 56.2 Å². The normalized spacial score (nSPS) is 22.3. The van der Waals surface area contributed by atoms with Gasteiger partial charge in [0.1, 0.15) is 5.75 Å². The first-order valence-corrected chi connectivity index (χ1v) is 12.3. The predicted molar refractivity (Wildman–Crippen MR) is 136 cm³/mol. The molecule has 184 valence electrons. The lowest BCUT2D eigenvalue weighted by atomic mass is 9.68. The van der Waals surface area contributed by atoms with Gasteiger partial charge >= 0.3 is 0 Å². The van der Waals surface area contributed by atoms with Gasteiger partial charge in [0.15, 0.2) is 6.19 Å². The molecule has 1 aliphatic carbocycles. The largest absolute Gasteiger partial charge is 0.496 e. The van der Waals surface area contributed by atoms with Crippen LogP contribution in [0.15, 0.2) is 59.7 Å². The van der Waals surface area contributed by atoms with Gasteiger partial charge in [-0.1, -0.05) is 42.5 Å². The molecule has 2 fully saturated rings. The third-order valence-electron chi connectivity index (χ3n) is 7.28. The number of rotatable bonds is 7. The van der Waals surface area contributed by atoms with Crippen LogP contribution in [0, 0.1) is 11.5 Å². The van der Waals surface area contributed by atoms with E-state index in [1.807, 2.05) is 35.3 Å². The Morgan fingerprint density at radius 2 is 1.83 bits per heavy atom. The summed E-state index contributed by atoms with van der Waals surface area (Å²) in [7, 11) is 1.57. The second-order valence-electron chi connectivity index (χ2n) is 9.35. The van der Waals surface area contributed by atoms with E-state index in [4.69, 9.17) is 10.5 Å². The van der Waals surface area contributed by atoms with E-state index >= 15 is 0 Å². The van der Waals surface area contributed by atoms with Crippen molar-refractivity contribution in [2.24, 2.45) is 10.8 Å². The second-order valence-corrected chi connectivity index (χ2v) is 9.35. The number of carbonyl (C=O) groups is 1. The number of nitrogens with two attached hydrogens (primary N) is 1. The van der Waals surface area contributed by atoms with Crippen LogP contribution in [0.2, 0.25) is 0 Å². The van der Waals surface area contributed by atoms with Crippen LogP contribution in [-0.4, -0.2) is 54.6 Å². The van der Waals surface area contributed by atoms with Gasteiger partial charge in [-0.15, -0.1) is 5.10 Å². The molecule has 8 nitrogen and oxygen atoms in total. The van der Waals surface area contributed by atoms with Crippen molar-refractivity contribution in [3.8, 4) is 11.9 Å². The summed E-state index contributed by atoms with van der Waals surface area (Å²) < 4.78 is 5.37. The molecule has 0 atom stereocenters. The SMILES string of the molecule is COc1ccccc1C(=O)NC[C@]1(c2ccccc2)CC[C@H](N(C#N)C(N)=NN2CCCC2)CC1. The Labute approximate surface area is 207 Å². The molecule has 2 aromatic carbocycles. The molecular weight excluding hydrogens is 440 g/mol. The number of guanidine groups is 1. The van der Waals surface area contributed by atoms with Crippen molar-refractivity contribution in [3.05, 3.63) is 65.7 Å². The summed E-state index contributed by atoms with van der Waals surface area (Å²) in [6, 6.07) is 17.6. The summed E-state index contributed by atoms with van der Waals surface area (Å²) in [5.74, 6) is 0.677. The van der Waals surface area contributed by atoms with Gasteiger partial charge in [0.05, 0.1) is 12.7 Å². The van der Waals surface area contributed by atoms with E-state index in [1.54, 1.807) is 24.1 Å². The quantitative estimate of drug-likeness (QED) is 0.276. The number of amides is 1. The molecule has 35 heavy (non-hydrogen) atoms. The monoisotopic (exact) mass is 474 g/mol. The number of methoxy groups -OCH3 is 1. The van der Waals surface area contributed by atoms with Gasteiger partial charge in [-0.3, -0.25) is 9.80 Å². The van der Waals surface area contributed by atoms with Crippen molar-refractivity contribution < 1.29 is 9.53 Å². The van der Waals surface area contributed by atoms with E-state index in [9.17, 15) is 10.1 Å². The first-order chi connectivity index (χ1) is 17.1. The number of para-hydroxylation sites is 1. The summed E-state index contributed by atoms with van der Waals surface area (Å²) in [6.07, 6.45) is 7.68. The molecule has 0 spiro atoms. The first kappa shape index (κ1) is 24.4. The minimum Gasteiger partial charge on any atom is -0.496 e. The highest BCUT2D eigenvalue weighted by atomic mass is 16.5. The average molecular weight is 475 g/mol. The summed E-state index contributed by atoms with van der Waals surface area (Å²) in [6.45, 7) is 2.27. The Morgan fingerprint density at radius 3 is 2.49 bits per heavy atom. The summed E-state index contributed by atoms with van der Waals surface area (Å²) in [5, 5.41) is 19.4. The maximum atomic E-state index is 13.0. The molecule has 2 aromatic rings. The van der Waals surface area contributed by atoms with Crippen LogP contribution in [0.3, 0.4) is 0 Å². The smallest absolute Gasteiger partial charge is 0.255 e. The van der Waals surface area contributed by atoms with E-state index in [1.165, 1.54) is 5.56 Å². The van der Waals surface area contributed by atoms with E-state index < -0.39 is 0 Å². The first-order valence-electron chi connectivity index (χ1n) is 12.3. The van der Waals surface area contributed by atoms with E-state index in [0.29, 0.717) is 17.9 Å². The van der Waals surface area contributed by atoms with E-state index in [2.05, 4.69) is 28.7 Å². The summed E-state index contributed by atoms with van der Waals surface area (Å²) >= 11 is 0. The number of carbonyl (C=O) groups excluding carboxylic acids is 1. The van der Waals surface area contributed by atoms with Gasteiger partial charge in [-0.25, -0.2) is 4.90 Å². The number of nitriles is 1. The third kappa shape index (κ3) is 5.51. The minimum atomic E-state index is -0.225. The van der Waals surface area contributed by atoms with Crippen molar-refractivity contribution >= 4 is 11.9 Å². The van der Waals surface area contributed by atoms with Crippen LogP contribution in [0.4, 0.5) is 0 Å². The Morgan fingerprint density at radius 1 is 1.17 bits per heavy atom. The number of nitrogens with one attached hydrogen (secondary N) is 1. The molecule has 1 amide bonds. The molecule has 0 aromatic heterocycles. The molecule has 1 aliphatic heterocycles. The van der Waals surface area contributed by atoms with Crippen LogP contribution in [0.1, 0.15) is 54.4 Å². The molecular formula is C27H34N6O2. The Balaban J connectivity index is 1.48. The molecule has 8 heteroatoms. The fourth-order valence-corrected chi connectivity index (χ4v) is 5.26. The van der Waals surface area contributed by atoms with Crippen LogP contribution < -0.4 is 15.8 Å². The highest BCUT2D eigenvalue weighted by Crippen LogP contribution is 2.40.